The van der Waals surface area contributed by atoms with E-state index in [0.717, 1.165) is 6.54 Å². The van der Waals surface area contributed by atoms with Gasteiger partial charge in [-0.05, 0) is 25.2 Å². The van der Waals surface area contributed by atoms with Gasteiger partial charge < -0.3 is 10.0 Å². The molecule has 0 aromatic heterocycles. The standard InChI is InChI=1S/C12H19NO/c1-10(9-14)12-6-4-11(5-7-12)8-13(2)3/h4-7,10,14H,8-9H2,1-3H3. The molecule has 0 heterocycles. The lowest BCUT2D eigenvalue weighted by Crippen LogP contribution is -2.10. The van der Waals surface area contributed by atoms with Crippen LogP contribution in [0.2, 0.25) is 0 Å². The Hall–Kier alpha value is -0.860. The first kappa shape index (κ1) is 11.2. The summed E-state index contributed by atoms with van der Waals surface area (Å²) in [7, 11) is 4.12. The van der Waals surface area contributed by atoms with E-state index in [0.29, 0.717) is 0 Å². The molecule has 0 radical (unpaired) electrons. The molecule has 0 fully saturated rings. The van der Waals surface area contributed by atoms with Gasteiger partial charge in [-0.15, -0.1) is 0 Å². The van der Waals surface area contributed by atoms with E-state index in [9.17, 15) is 0 Å². The van der Waals surface area contributed by atoms with E-state index in [1.165, 1.54) is 11.1 Å². The van der Waals surface area contributed by atoms with Gasteiger partial charge in [-0.3, -0.25) is 0 Å². The first-order valence-electron chi connectivity index (χ1n) is 4.98. The fourth-order valence-electron chi connectivity index (χ4n) is 1.42. The number of nitrogens with zero attached hydrogens (tertiary/aromatic N) is 1. The molecular formula is C12H19NO. The Morgan fingerprint density at radius 2 is 1.79 bits per heavy atom. The molecule has 0 spiro atoms. The highest BCUT2D eigenvalue weighted by Crippen LogP contribution is 2.15. The first-order valence-corrected chi connectivity index (χ1v) is 4.98. The van der Waals surface area contributed by atoms with Gasteiger partial charge in [0, 0.05) is 19.1 Å². The van der Waals surface area contributed by atoms with Crippen molar-refractivity contribution in [2.45, 2.75) is 19.4 Å². The largest absolute Gasteiger partial charge is 0.396 e. The number of hydrogen-bond acceptors (Lipinski definition) is 2. The quantitative estimate of drug-likeness (QED) is 0.788. The van der Waals surface area contributed by atoms with E-state index < -0.39 is 0 Å². The van der Waals surface area contributed by atoms with E-state index in [4.69, 9.17) is 5.11 Å². The molecule has 0 saturated carbocycles. The van der Waals surface area contributed by atoms with E-state index >= 15 is 0 Å². The van der Waals surface area contributed by atoms with Crippen molar-refractivity contribution in [3.63, 3.8) is 0 Å². The Labute approximate surface area is 86.2 Å². The third kappa shape index (κ3) is 3.13. The number of aliphatic hydroxyl groups excluding tert-OH is 1. The lowest BCUT2D eigenvalue weighted by atomic mass is 10.0. The van der Waals surface area contributed by atoms with Crippen LogP contribution in [0.5, 0.6) is 0 Å². The molecule has 0 bridgehead atoms. The summed E-state index contributed by atoms with van der Waals surface area (Å²) in [6.07, 6.45) is 0. The SMILES string of the molecule is CC(CO)c1ccc(CN(C)C)cc1. The number of benzene rings is 1. The van der Waals surface area contributed by atoms with Crippen LogP contribution < -0.4 is 0 Å². The van der Waals surface area contributed by atoms with Crippen LogP contribution in [0.25, 0.3) is 0 Å². The Morgan fingerprint density at radius 3 is 2.21 bits per heavy atom. The maximum Gasteiger partial charge on any atom is 0.0497 e. The molecule has 0 amide bonds. The van der Waals surface area contributed by atoms with Crippen LogP contribution in [0.3, 0.4) is 0 Å². The maximum atomic E-state index is 8.99. The van der Waals surface area contributed by atoms with Crippen molar-refractivity contribution in [3.05, 3.63) is 35.4 Å². The van der Waals surface area contributed by atoms with Crippen molar-refractivity contribution in [2.75, 3.05) is 20.7 Å². The molecule has 1 atom stereocenters. The summed E-state index contributed by atoms with van der Waals surface area (Å²) in [6.45, 7) is 3.21. The monoisotopic (exact) mass is 193 g/mol. The van der Waals surface area contributed by atoms with Gasteiger partial charge >= 0.3 is 0 Å². The highest BCUT2D eigenvalue weighted by molar-refractivity contribution is 5.24. The van der Waals surface area contributed by atoms with Crippen LogP contribution in [-0.4, -0.2) is 30.7 Å². The Balaban J connectivity index is 2.68. The summed E-state index contributed by atoms with van der Waals surface area (Å²) >= 11 is 0. The van der Waals surface area contributed by atoms with E-state index in [-0.39, 0.29) is 12.5 Å². The third-order valence-corrected chi connectivity index (χ3v) is 2.32. The highest BCUT2D eigenvalue weighted by Gasteiger charge is 2.03. The molecule has 0 aliphatic rings. The Bertz CT molecular complexity index is 266. The van der Waals surface area contributed by atoms with E-state index in [1.54, 1.807) is 0 Å². The lowest BCUT2D eigenvalue weighted by molar-refractivity contribution is 0.273. The Kier molecular flexibility index (Phi) is 4.11. The van der Waals surface area contributed by atoms with Crippen LogP contribution in [0.15, 0.2) is 24.3 Å². The van der Waals surface area contributed by atoms with Gasteiger partial charge in [-0.2, -0.15) is 0 Å². The van der Waals surface area contributed by atoms with E-state index in [1.807, 2.05) is 6.92 Å². The minimum absolute atomic E-state index is 0.215. The molecule has 2 nitrogen and oxygen atoms in total. The minimum atomic E-state index is 0.215. The second-order valence-corrected chi connectivity index (χ2v) is 4.06. The molecule has 1 aromatic rings. The van der Waals surface area contributed by atoms with Crippen molar-refractivity contribution in [3.8, 4) is 0 Å². The molecule has 1 unspecified atom stereocenters. The second kappa shape index (κ2) is 5.13. The fourth-order valence-corrected chi connectivity index (χ4v) is 1.42. The van der Waals surface area contributed by atoms with Crippen LogP contribution in [0.1, 0.15) is 24.0 Å². The third-order valence-electron chi connectivity index (χ3n) is 2.32. The number of hydrogen-bond donors (Lipinski definition) is 1. The van der Waals surface area contributed by atoms with Gasteiger partial charge in [0.15, 0.2) is 0 Å². The molecule has 1 rings (SSSR count). The summed E-state index contributed by atoms with van der Waals surface area (Å²) in [5.74, 6) is 0.239. The maximum absolute atomic E-state index is 8.99. The molecule has 1 N–H and O–H groups in total. The highest BCUT2D eigenvalue weighted by atomic mass is 16.3. The summed E-state index contributed by atoms with van der Waals surface area (Å²) in [5.41, 5.74) is 2.51. The van der Waals surface area contributed by atoms with Crippen molar-refractivity contribution in [1.82, 2.24) is 4.90 Å². The zero-order valence-corrected chi connectivity index (χ0v) is 9.20. The predicted octanol–water partition coefficient (Wildman–Crippen LogP) is 1.84. The van der Waals surface area contributed by atoms with Crippen molar-refractivity contribution in [1.29, 1.82) is 0 Å². The summed E-state index contributed by atoms with van der Waals surface area (Å²) in [6, 6.07) is 8.45. The zero-order valence-electron chi connectivity index (χ0n) is 9.20. The van der Waals surface area contributed by atoms with Gasteiger partial charge in [-0.25, -0.2) is 0 Å². The molecule has 1 aromatic carbocycles. The molecule has 0 aliphatic heterocycles. The zero-order chi connectivity index (χ0) is 10.6. The van der Waals surface area contributed by atoms with Gasteiger partial charge in [0.2, 0.25) is 0 Å². The van der Waals surface area contributed by atoms with Gasteiger partial charge in [-0.1, -0.05) is 31.2 Å². The summed E-state index contributed by atoms with van der Waals surface area (Å²) in [5, 5.41) is 8.99. The average molecular weight is 193 g/mol. The summed E-state index contributed by atoms with van der Waals surface area (Å²) < 4.78 is 0. The summed E-state index contributed by atoms with van der Waals surface area (Å²) in [4.78, 5) is 2.14. The molecular weight excluding hydrogens is 174 g/mol. The van der Waals surface area contributed by atoms with Crippen molar-refractivity contribution < 1.29 is 5.11 Å². The first-order chi connectivity index (χ1) is 6.63. The fraction of sp³-hybridized carbons (Fsp3) is 0.500. The van der Waals surface area contributed by atoms with Gasteiger partial charge in [0.1, 0.15) is 0 Å². The molecule has 0 saturated heterocycles. The van der Waals surface area contributed by atoms with Crippen LogP contribution in [0.4, 0.5) is 0 Å². The van der Waals surface area contributed by atoms with Crippen molar-refractivity contribution >= 4 is 0 Å². The Morgan fingerprint density at radius 1 is 1.21 bits per heavy atom. The average Bonchev–Trinajstić information content (AvgIpc) is 2.17. The molecule has 14 heavy (non-hydrogen) atoms. The number of rotatable bonds is 4. The van der Waals surface area contributed by atoms with Crippen LogP contribution >= 0.6 is 0 Å². The van der Waals surface area contributed by atoms with E-state index in [2.05, 4.69) is 43.3 Å². The second-order valence-electron chi connectivity index (χ2n) is 4.06. The predicted molar refractivity (Wildman–Crippen MR) is 59.3 cm³/mol. The smallest absolute Gasteiger partial charge is 0.0497 e. The van der Waals surface area contributed by atoms with Crippen molar-refractivity contribution in [2.24, 2.45) is 0 Å². The topological polar surface area (TPSA) is 23.5 Å². The van der Waals surface area contributed by atoms with Gasteiger partial charge in [0.05, 0.1) is 0 Å². The van der Waals surface area contributed by atoms with Gasteiger partial charge in [0.25, 0.3) is 0 Å². The van der Waals surface area contributed by atoms with Crippen LogP contribution in [-0.2, 0) is 6.54 Å². The lowest BCUT2D eigenvalue weighted by Gasteiger charge is -2.12. The number of aliphatic hydroxyl groups is 1. The normalized spacial score (nSPS) is 13.2. The molecule has 2 heteroatoms. The molecule has 0 aliphatic carbocycles. The van der Waals surface area contributed by atoms with Crippen LogP contribution in [0, 0.1) is 0 Å². The minimum Gasteiger partial charge on any atom is -0.396 e. The molecule has 78 valence electrons.